The highest BCUT2D eigenvalue weighted by Gasteiger charge is 2.57. The van der Waals surface area contributed by atoms with Crippen LogP contribution in [0.4, 0.5) is 0 Å². The lowest BCUT2D eigenvalue weighted by molar-refractivity contribution is -0.0724. The minimum Gasteiger partial charge on any atom is -0.504 e. The Bertz CT molecular complexity index is 1740. The molecule has 0 unspecified atom stereocenters. The van der Waals surface area contributed by atoms with Gasteiger partial charge >= 0.3 is 0 Å². The number of nitrogens with zero attached hydrogens (tertiary/aromatic N) is 4. The van der Waals surface area contributed by atoms with Crippen LogP contribution in [0.15, 0.2) is 24.4 Å². The maximum Gasteiger partial charge on any atom is 0.269 e. The second kappa shape index (κ2) is 11.9. The van der Waals surface area contributed by atoms with Gasteiger partial charge in [-0.2, -0.15) is 5.26 Å². The number of ether oxygens (including phenoxy) is 4. The lowest BCUT2D eigenvalue weighted by atomic mass is 9.71. The molecule has 1 fully saturated rings. The number of methoxy groups -OCH3 is 4. The minimum absolute atomic E-state index is 0.0352. The van der Waals surface area contributed by atoms with Crippen molar-refractivity contribution < 1.29 is 34.0 Å². The lowest BCUT2D eigenvalue weighted by Gasteiger charge is -2.60. The summed E-state index contributed by atoms with van der Waals surface area (Å²) in [6.07, 6.45) is 2.35. The Morgan fingerprint density at radius 3 is 2.04 bits per heavy atom. The van der Waals surface area contributed by atoms with Gasteiger partial charge in [0.2, 0.25) is 0 Å². The van der Waals surface area contributed by atoms with Crippen LogP contribution in [0, 0.1) is 25.2 Å². The van der Waals surface area contributed by atoms with Gasteiger partial charge in [0.1, 0.15) is 23.2 Å². The molecule has 2 aromatic carbocycles. The van der Waals surface area contributed by atoms with Crippen molar-refractivity contribution in [1.29, 1.82) is 5.26 Å². The third kappa shape index (κ3) is 4.40. The fourth-order valence-electron chi connectivity index (χ4n) is 8.19. The number of piperazine rings is 1. The van der Waals surface area contributed by atoms with E-state index in [1.807, 2.05) is 20.9 Å². The van der Waals surface area contributed by atoms with Crippen LogP contribution < -0.4 is 24.3 Å². The maximum absolute atomic E-state index is 13.3. The average molecular weight is 630 g/mol. The molecular formula is C34H39N5O7. The molecule has 0 aliphatic carbocycles. The summed E-state index contributed by atoms with van der Waals surface area (Å²) in [7, 11) is 8.15. The van der Waals surface area contributed by atoms with Crippen molar-refractivity contribution in [2.24, 2.45) is 0 Å². The summed E-state index contributed by atoms with van der Waals surface area (Å²) in [6.45, 7) is 3.73. The third-order valence-electron chi connectivity index (χ3n) is 10.0. The highest BCUT2D eigenvalue weighted by atomic mass is 16.5. The number of fused-ring (bicyclic) bond motifs is 7. The quantitative estimate of drug-likeness (QED) is 0.353. The zero-order valence-corrected chi connectivity index (χ0v) is 27.0. The van der Waals surface area contributed by atoms with E-state index in [9.17, 15) is 20.3 Å². The van der Waals surface area contributed by atoms with Crippen molar-refractivity contribution in [3.63, 3.8) is 0 Å². The van der Waals surface area contributed by atoms with Crippen LogP contribution in [0.1, 0.15) is 56.0 Å². The van der Waals surface area contributed by atoms with Crippen molar-refractivity contribution in [3.8, 4) is 40.6 Å². The molecule has 0 spiro atoms. The number of benzene rings is 2. The van der Waals surface area contributed by atoms with Gasteiger partial charge in [0.15, 0.2) is 23.0 Å². The summed E-state index contributed by atoms with van der Waals surface area (Å²) in [5.41, 5.74) is 4.37. The lowest BCUT2D eigenvalue weighted by Crippen LogP contribution is -2.68. The van der Waals surface area contributed by atoms with E-state index >= 15 is 0 Å². The van der Waals surface area contributed by atoms with Gasteiger partial charge in [-0.15, -0.1) is 0 Å². The van der Waals surface area contributed by atoms with Gasteiger partial charge in [0.25, 0.3) is 5.91 Å². The number of nitriles is 1. The number of aromatic hydroxyl groups is 2. The topological polar surface area (TPSA) is 150 Å². The number of pyridine rings is 1. The van der Waals surface area contributed by atoms with Gasteiger partial charge < -0.3 is 34.5 Å². The predicted molar refractivity (Wildman–Crippen MR) is 168 cm³/mol. The first-order valence-electron chi connectivity index (χ1n) is 15.2. The highest BCUT2D eigenvalue weighted by Crippen LogP contribution is 2.58. The molecule has 1 aromatic heterocycles. The van der Waals surface area contributed by atoms with Gasteiger partial charge in [-0.1, -0.05) is 6.07 Å². The van der Waals surface area contributed by atoms with Gasteiger partial charge in [-0.3, -0.25) is 19.6 Å². The molecular weight excluding hydrogens is 590 g/mol. The summed E-state index contributed by atoms with van der Waals surface area (Å²) in [5.74, 6) is 1.38. The number of hydrogen-bond donors (Lipinski definition) is 3. The molecule has 3 aliphatic rings. The molecule has 3 aromatic rings. The molecule has 5 atom stereocenters. The number of hydrogen-bond acceptors (Lipinski definition) is 11. The molecule has 2 bridgehead atoms. The van der Waals surface area contributed by atoms with Crippen LogP contribution in [0.3, 0.4) is 0 Å². The Labute approximate surface area is 268 Å². The summed E-state index contributed by atoms with van der Waals surface area (Å²) < 4.78 is 23.2. The predicted octanol–water partition coefficient (Wildman–Crippen LogP) is 3.35. The van der Waals surface area contributed by atoms with E-state index in [4.69, 9.17) is 18.9 Å². The zero-order valence-electron chi connectivity index (χ0n) is 27.0. The second-order valence-corrected chi connectivity index (χ2v) is 12.0. The largest absolute Gasteiger partial charge is 0.504 e. The monoisotopic (exact) mass is 629 g/mol. The van der Waals surface area contributed by atoms with E-state index in [0.717, 1.165) is 11.1 Å². The van der Waals surface area contributed by atoms with Crippen LogP contribution in [-0.2, 0) is 12.8 Å². The van der Waals surface area contributed by atoms with E-state index in [1.165, 1.54) is 14.2 Å². The molecule has 12 nitrogen and oxygen atoms in total. The summed E-state index contributed by atoms with van der Waals surface area (Å²) in [5, 5.41) is 37.4. The SMILES string of the molecule is COc1c(C)c(OC)c2c(c1O)[C@@H]1[C@@H]3Cc4c(OC)c(C)c(OC)c(O)c4[C@H](CNC(=O)c4ccccn4)N3[C@@H](C#N)[C@H](C2)N1C. The standard InChI is InChI=1S/C34H39N5O7/c1-16-30(43-4)18-13-22-27-26-19(31(44-5)17(2)33(46-7)29(26)41)12-21(38(27)3)23(14-35)39(22)24(25(18)28(40)32(16)45-6)15-37-34(42)20-10-8-9-11-36-20/h8-11,21-24,27,40-41H,12-13,15H2,1-7H3,(H,37,42)/t21-,22-,23-,24-,27-/m0/s1. The minimum atomic E-state index is -0.661. The van der Waals surface area contributed by atoms with Crippen molar-refractivity contribution >= 4 is 5.91 Å². The van der Waals surface area contributed by atoms with Gasteiger partial charge in [0, 0.05) is 58.2 Å². The number of nitrogens with one attached hydrogen (secondary N) is 1. The Morgan fingerprint density at radius 1 is 0.935 bits per heavy atom. The molecule has 46 heavy (non-hydrogen) atoms. The second-order valence-electron chi connectivity index (χ2n) is 12.0. The number of carbonyl (C=O) groups excluding carboxylic acids is 1. The first-order chi connectivity index (χ1) is 22.1. The van der Waals surface area contributed by atoms with Gasteiger partial charge in [-0.25, -0.2) is 0 Å². The first kappa shape index (κ1) is 31.3. The first-order valence-corrected chi connectivity index (χ1v) is 15.2. The number of carbonyl (C=O) groups is 1. The Balaban J connectivity index is 1.59. The smallest absolute Gasteiger partial charge is 0.269 e. The summed E-state index contributed by atoms with van der Waals surface area (Å²) in [6, 6.07) is 5.25. The molecule has 12 heteroatoms. The van der Waals surface area contributed by atoms with Gasteiger partial charge in [0.05, 0.1) is 46.6 Å². The highest BCUT2D eigenvalue weighted by molar-refractivity contribution is 5.92. The number of amides is 1. The number of phenolic OH excluding ortho intramolecular Hbond substituents is 2. The van der Waals surface area contributed by atoms with Crippen LogP contribution in [0.25, 0.3) is 0 Å². The van der Waals surface area contributed by atoms with Crippen molar-refractivity contribution in [2.45, 2.75) is 56.9 Å². The third-order valence-corrected chi connectivity index (χ3v) is 10.0. The summed E-state index contributed by atoms with van der Waals surface area (Å²) in [4.78, 5) is 21.7. The molecule has 4 heterocycles. The van der Waals surface area contributed by atoms with Crippen LogP contribution in [0.2, 0.25) is 0 Å². The van der Waals surface area contributed by atoms with E-state index in [1.54, 1.807) is 38.6 Å². The number of aromatic nitrogens is 1. The molecule has 3 N–H and O–H groups in total. The molecule has 1 saturated heterocycles. The number of rotatable bonds is 7. The van der Waals surface area contributed by atoms with Crippen LogP contribution in [-0.4, -0.2) is 91.1 Å². The Kier molecular flexibility index (Phi) is 8.08. The van der Waals surface area contributed by atoms with Crippen molar-refractivity contribution in [1.82, 2.24) is 20.1 Å². The van der Waals surface area contributed by atoms with Crippen LogP contribution in [0.5, 0.6) is 34.5 Å². The molecule has 6 rings (SSSR count). The van der Waals surface area contributed by atoms with Crippen molar-refractivity contribution in [2.75, 3.05) is 42.0 Å². The van der Waals surface area contributed by atoms with E-state index < -0.39 is 24.2 Å². The average Bonchev–Trinajstić information content (AvgIpc) is 3.05. The zero-order chi connectivity index (χ0) is 33.0. The fraction of sp³-hybridized carbons (Fsp3) is 0.441. The summed E-state index contributed by atoms with van der Waals surface area (Å²) >= 11 is 0. The normalized spacial score (nSPS) is 23.3. The fourth-order valence-corrected chi connectivity index (χ4v) is 8.19. The van der Waals surface area contributed by atoms with E-state index in [2.05, 4.69) is 26.2 Å². The molecule has 3 aliphatic heterocycles. The van der Waals surface area contributed by atoms with E-state index in [-0.39, 0.29) is 41.4 Å². The Hall–Kier alpha value is -4.73. The number of phenols is 2. The van der Waals surface area contributed by atoms with E-state index in [0.29, 0.717) is 52.3 Å². The number of likely N-dealkylation sites (N-methyl/N-ethyl adjacent to an activating group) is 1. The molecule has 242 valence electrons. The van der Waals surface area contributed by atoms with Crippen molar-refractivity contribution in [3.05, 3.63) is 63.5 Å². The molecule has 1 amide bonds. The molecule has 0 saturated carbocycles. The maximum atomic E-state index is 13.3. The molecule has 0 radical (unpaired) electrons. The van der Waals surface area contributed by atoms with Crippen LogP contribution >= 0.6 is 0 Å². The van der Waals surface area contributed by atoms with Gasteiger partial charge in [-0.05, 0) is 45.9 Å². The Morgan fingerprint density at radius 2 is 1.50 bits per heavy atom.